The van der Waals surface area contributed by atoms with Crippen molar-refractivity contribution >= 4 is 23.4 Å². The number of benzene rings is 1. The predicted octanol–water partition coefficient (Wildman–Crippen LogP) is 4.00. The van der Waals surface area contributed by atoms with E-state index >= 15 is 0 Å². The van der Waals surface area contributed by atoms with Crippen LogP contribution in [0.5, 0.6) is 5.75 Å². The average Bonchev–Trinajstić information content (AvgIpc) is 2.75. The van der Waals surface area contributed by atoms with E-state index in [9.17, 15) is 22.8 Å². The Labute approximate surface area is 182 Å². The van der Waals surface area contributed by atoms with Gasteiger partial charge in [0, 0.05) is 6.20 Å². The smallest absolute Gasteiger partial charge is 0.406 e. The number of aromatic nitrogens is 1. The Morgan fingerprint density at radius 3 is 2.66 bits per heavy atom. The van der Waals surface area contributed by atoms with Crippen molar-refractivity contribution < 1.29 is 32.2 Å². The summed E-state index contributed by atoms with van der Waals surface area (Å²) >= 11 is 0. The Bertz CT molecular complexity index is 953. The van der Waals surface area contributed by atoms with Crippen molar-refractivity contribution in [2.24, 2.45) is 0 Å². The second-order valence-corrected chi connectivity index (χ2v) is 7.18. The molecule has 1 aromatic heterocycles. The van der Waals surface area contributed by atoms with E-state index in [2.05, 4.69) is 20.4 Å². The molecule has 32 heavy (non-hydrogen) atoms. The number of hydrogen-bond donors (Lipinski definition) is 2. The van der Waals surface area contributed by atoms with Crippen LogP contribution in [0, 0.1) is 0 Å². The summed E-state index contributed by atoms with van der Waals surface area (Å²) in [6.45, 7) is 3.66. The Balaban J connectivity index is 1.80. The largest absolute Gasteiger partial charge is 0.573 e. The molecule has 2 unspecified atom stereocenters. The maximum Gasteiger partial charge on any atom is 0.573 e. The number of halogens is 3. The van der Waals surface area contributed by atoms with Gasteiger partial charge in [-0.25, -0.2) is 9.78 Å². The summed E-state index contributed by atoms with van der Waals surface area (Å²) in [5.74, 6) is -0.457. The fraction of sp³-hybridized carbons (Fsp3) is 0.381. The first kappa shape index (κ1) is 23.3. The van der Waals surface area contributed by atoms with E-state index in [1.165, 1.54) is 23.2 Å². The molecule has 0 spiro atoms. The predicted molar refractivity (Wildman–Crippen MR) is 110 cm³/mol. The van der Waals surface area contributed by atoms with E-state index in [0.29, 0.717) is 17.1 Å². The average molecular weight is 452 g/mol. The highest BCUT2D eigenvalue weighted by atomic mass is 19.4. The number of alkyl halides is 3. The van der Waals surface area contributed by atoms with E-state index in [-0.39, 0.29) is 30.9 Å². The van der Waals surface area contributed by atoms with Crippen LogP contribution >= 0.6 is 0 Å². The molecule has 1 aliphatic rings. The summed E-state index contributed by atoms with van der Waals surface area (Å²) in [4.78, 5) is 30.4. The van der Waals surface area contributed by atoms with Crippen LogP contribution < -0.4 is 20.3 Å². The second-order valence-electron chi connectivity index (χ2n) is 7.18. The van der Waals surface area contributed by atoms with Crippen molar-refractivity contribution in [1.82, 2.24) is 10.3 Å². The van der Waals surface area contributed by atoms with Crippen molar-refractivity contribution in [2.45, 2.75) is 38.8 Å². The van der Waals surface area contributed by atoms with Gasteiger partial charge in [-0.3, -0.25) is 9.69 Å². The van der Waals surface area contributed by atoms with Crippen LogP contribution in [0.25, 0.3) is 0 Å². The van der Waals surface area contributed by atoms with E-state index in [0.717, 1.165) is 18.6 Å². The monoisotopic (exact) mass is 452 g/mol. The van der Waals surface area contributed by atoms with Crippen molar-refractivity contribution in [3.8, 4) is 5.75 Å². The molecule has 0 saturated heterocycles. The molecule has 11 heteroatoms. The van der Waals surface area contributed by atoms with E-state index in [4.69, 9.17) is 4.74 Å². The fourth-order valence-electron chi connectivity index (χ4n) is 3.01. The van der Waals surface area contributed by atoms with Crippen LogP contribution in [0.15, 0.2) is 42.6 Å². The van der Waals surface area contributed by atoms with Crippen LogP contribution in [-0.4, -0.2) is 42.5 Å². The third-order valence-corrected chi connectivity index (χ3v) is 4.80. The quantitative estimate of drug-likeness (QED) is 0.663. The highest BCUT2D eigenvalue weighted by Gasteiger charge is 2.32. The maximum absolute atomic E-state index is 13.0. The van der Waals surface area contributed by atoms with Crippen LogP contribution in [-0.2, 0) is 9.53 Å². The molecular formula is C21H23F3N4O4. The number of rotatable bonds is 7. The van der Waals surface area contributed by atoms with E-state index < -0.39 is 18.4 Å². The molecule has 0 aliphatic carbocycles. The van der Waals surface area contributed by atoms with Crippen molar-refractivity contribution in [1.29, 1.82) is 0 Å². The van der Waals surface area contributed by atoms with Crippen molar-refractivity contribution in [3.63, 3.8) is 0 Å². The van der Waals surface area contributed by atoms with Gasteiger partial charge in [-0.15, -0.1) is 13.2 Å². The van der Waals surface area contributed by atoms with Crippen molar-refractivity contribution in [3.05, 3.63) is 48.2 Å². The van der Waals surface area contributed by atoms with Gasteiger partial charge in [0.2, 0.25) is 5.91 Å². The molecule has 2 aromatic rings. The van der Waals surface area contributed by atoms with Gasteiger partial charge in [-0.2, -0.15) is 0 Å². The standard InChI is InChI=1S/C21H23F3N4O4/c1-3-13(2)31-12-17(14-6-8-15(9-7-14)32-21(22,23)24)27-20(30)28-11-18(29)26-16-5-4-10-25-19(16)28/h4-10,13,17H,3,11-12H2,1-2H3,(H,26,29)(H,27,30). The number of amides is 3. The Hall–Kier alpha value is -3.34. The van der Waals surface area contributed by atoms with Crippen LogP contribution in [0.1, 0.15) is 31.9 Å². The zero-order valence-corrected chi connectivity index (χ0v) is 17.5. The number of pyridine rings is 1. The van der Waals surface area contributed by atoms with Gasteiger partial charge in [-0.05, 0) is 43.2 Å². The van der Waals surface area contributed by atoms with Gasteiger partial charge < -0.3 is 20.1 Å². The van der Waals surface area contributed by atoms with Gasteiger partial charge in [0.15, 0.2) is 5.82 Å². The van der Waals surface area contributed by atoms with Gasteiger partial charge in [0.05, 0.1) is 24.4 Å². The summed E-state index contributed by atoms with van der Waals surface area (Å²) in [5.41, 5.74) is 0.916. The molecule has 0 bridgehead atoms. The second kappa shape index (κ2) is 9.86. The van der Waals surface area contributed by atoms with Crippen LogP contribution in [0.3, 0.4) is 0 Å². The number of ether oxygens (including phenoxy) is 2. The van der Waals surface area contributed by atoms with Gasteiger partial charge in [-0.1, -0.05) is 19.1 Å². The first-order valence-corrected chi connectivity index (χ1v) is 9.96. The molecule has 2 N–H and O–H groups in total. The normalized spacial score (nSPS) is 15.4. The number of urea groups is 1. The number of nitrogens with zero attached hydrogens (tertiary/aromatic N) is 2. The van der Waals surface area contributed by atoms with Gasteiger partial charge >= 0.3 is 12.4 Å². The van der Waals surface area contributed by atoms with Gasteiger partial charge in [0.25, 0.3) is 0 Å². The highest BCUT2D eigenvalue weighted by Crippen LogP contribution is 2.28. The molecular weight excluding hydrogens is 429 g/mol. The Kier molecular flexibility index (Phi) is 7.18. The molecule has 3 amide bonds. The molecule has 8 nitrogen and oxygen atoms in total. The summed E-state index contributed by atoms with van der Waals surface area (Å²) in [6, 6.07) is 7.15. The van der Waals surface area contributed by atoms with E-state index in [1.807, 2.05) is 13.8 Å². The highest BCUT2D eigenvalue weighted by molar-refractivity contribution is 6.08. The Morgan fingerprint density at radius 2 is 2.00 bits per heavy atom. The minimum Gasteiger partial charge on any atom is -0.406 e. The first-order valence-electron chi connectivity index (χ1n) is 9.96. The lowest BCUT2D eigenvalue weighted by molar-refractivity contribution is -0.274. The summed E-state index contributed by atoms with van der Waals surface area (Å²) in [7, 11) is 0. The molecule has 0 radical (unpaired) electrons. The lowest BCUT2D eigenvalue weighted by Crippen LogP contribution is -2.49. The lowest BCUT2D eigenvalue weighted by Gasteiger charge is -2.30. The van der Waals surface area contributed by atoms with Crippen molar-refractivity contribution in [2.75, 3.05) is 23.4 Å². The SMILES string of the molecule is CCC(C)OCC(NC(=O)N1CC(=O)Nc2cccnc21)c1ccc(OC(F)(F)F)cc1. The molecule has 0 saturated carbocycles. The molecule has 1 aliphatic heterocycles. The minimum absolute atomic E-state index is 0.0787. The Morgan fingerprint density at radius 1 is 1.28 bits per heavy atom. The molecule has 3 rings (SSSR count). The number of carbonyl (C=O) groups is 2. The summed E-state index contributed by atoms with van der Waals surface area (Å²) < 4.78 is 47.0. The minimum atomic E-state index is -4.80. The summed E-state index contributed by atoms with van der Waals surface area (Å²) in [6.07, 6.45) is -2.66. The van der Waals surface area contributed by atoms with Crippen LogP contribution in [0.2, 0.25) is 0 Å². The zero-order valence-electron chi connectivity index (χ0n) is 17.5. The molecule has 2 heterocycles. The molecule has 1 aromatic carbocycles. The fourth-order valence-corrected chi connectivity index (χ4v) is 3.01. The van der Waals surface area contributed by atoms with Gasteiger partial charge in [0.1, 0.15) is 12.3 Å². The molecule has 2 atom stereocenters. The molecule has 0 fully saturated rings. The topological polar surface area (TPSA) is 92.8 Å². The third kappa shape index (κ3) is 6.10. The number of anilines is 2. The van der Waals surface area contributed by atoms with E-state index in [1.54, 1.807) is 12.1 Å². The number of carbonyl (C=O) groups excluding carboxylic acids is 2. The van der Waals surface area contributed by atoms with Crippen LogP contribution in [0.4, 0.5) is 29.5 Å². The third-order valence-electron chi connectivity index (χ3n) is 4.80. The number of fused-ring (bicyclic) bond motifs is 1. The lowest BCUT2D eigenvalue weighted by atomic mass is 10.1. The summed E-state index contributed by atoms with van der Waals surface area (Å²) in [5, 5.41) is 5.44. The molecule has 172 valence electrons. The number of hydrogen-bond acceptors (Lipinski definition) is 5. The number of nitrogens with one attached hydrogen (secondary N) is 2. The zero-order chi connectivity index (χ0) is 23.3. The maximum atomic E-state index is 13.0. The first-order chi connectivity index (χ1) is 15.2.